The van der Waals surface area contributed by atoms with Crippen molar-refractivity contribution < 1.29 is 9.90 Å². The van der Waals surface area contributed by atoms with Crippen LogP contribution in [-0.4, -0.2) is 15.6 Å². The number of aliphatic carboxylic acids is 1. The highest BCUT2D eigenvalue weighted by atomic mass is 16.4. The minimum absolute atomic E-state index is 0.247. The highest BCUT2D eigenvalue weighted by Crippen LogP contribution is 2.44. The van der Waals surface area contributed by atoms with E-state index in [1.165, 1.54) is 10.6 Å². The standard InChI is InChI=1S/C13H11NO3/c15-11-6-5-9-3-1-2-4-10(9)14(11)13(7-8-13)12(16)17/h1-6H,7-8H2,(H,16,17). The summed E-state index contributed by atoms with van der Waals surface area (Å²) in [4.78, 5) is 23.2. The Bertz CT molecular complexity index is 668. The summed E-state index contributed by atoms with van der Waals surface area (Å²) >= 11 is 0. The lowest BCUT2D eigenvalue weighted by Gasteiger charge is -2.16. The van der Waals surface area contributed by atoms with Crippen molar-refractivity contribution in [2.24, 2.45) is 0 Å². The fraction of sp³-hybridized carbons (Fsp3) is 0.231. The number of hydrogen-bond donors (Lipinski definition) is 1. The number of aromatic nitrogens is 1. The molecule has 17 heavy (non-hydrogen) atoms. The summed E-state index contributed by atoms with van der Waals surface area (Å²) in [6.07, 6.45) is 1.05. The third-order valence-corrected chi connectivity index (χ3v) is 3.35. The van der Waals surface area contributed by atoms with E-state index in [1.807, 2.05) is 18.2 Å². The number of benzene rings is 1. The maximum Gasteiger partial charge on any atom is 0.330 e. The number of pyridine rings is 1. The van der Waals surface area contributed by atoms with Gasteiger partial charge in [0.2, 0.25) is 0 Å². The smallest absolute Gasteiger partial charge is 0.330 e. The molecular weight excluding hydrogens is 218 g/mol. The number of para-hydroxylation sites is 1. The molecule has 0 atom stereocenters. The first-order valence-electron chi connectivity index (χ1n) is 5.50. The second-order valence-corrected chi connectivity index (χ2v) is 4.40. The van der Waals surface area contributed by atoms with Crippen LogP contribution in [0.5, 0.6) is 0 Å². The Kier molecular flexibility index (Phi) is 1.90. The lowest BCUT2D eigenvalue weighted by atomic mass is 10.1. The Morgan fingerprint density at radius 2 is 1.88 bits per heavy atom. The summed E-state index contributed by atoms with van der Waals surface area (Å²) in [5.41, 5.74) is -0.568. The van der Waals surface area contributed by atoms with Crippen molar-refractivity contribution in [2.45, 2.75) is 18.4 Å². The molecule has 1 N–H and O–H groups in total. The number of hydrogen-bond acceptors (Lipinski definition) is 2. The fourth-order valence-electron chi connectivity index (χ4n) is 2.28. The van der Waals surface area contributed by atoms with Gasteiger partial charge >= 0.3 is 5.97 Å². The molecule has 4 nitrogen and oxygen atoms in total. The van der Waals surface area contributed by atoms with Crippen molar-refractivity contribution in [3.63, 3.8) is 0 Å². The summed E-state index contributed by atoms with van der Waals surface area (Å²) in [5, 5.41) is 10.2. The maximum atomic E-state index is 11.9. The zero-order chi connectivity index (χ0) is 12.0. The number of carbonyl (C=O) groups is 1. The first-order chi connectivity index (χ1) is 8.15. The quantitative estimate of drug-likeness (QED) is 0.850. The van der Waals surface area contributed by atoms with Crippen LogP contribution >= 0.6 is 0 Å². The molecule has 1 aromatic heterocycles. The number of carboxylic acids is 1. The van der Waals surface area contributed by atoms with Crippen molar-refractivity contribution in [1.82, 2.24) is 4.57 Å². The van der Waals surface area contributed by atoms with Crippen LogP contribution in [0.1, 0.15) is 12.8 Å². The van der Waals surface area contributed by atoms with Gasteiger partial charge in [0.25, 0.3) is 5.56 Å². The van der Waals surface area contributed by atoms with Gasteiger partial charge in [-0.05, 0) is 30.4 Å². The largest absolute Gasteiger partial charge is 0.479 e. The van der Waals surface area contributed by atoms with Crippen LogP contribution in [0.4, 0.5) is 0 Å². The predicted octanol–water partition coefficient (Wildman–Crippen LogP) is 1.58. The highest BCUT2D eigenvalue weighted by Gasteiger charge is 2.53. The molecule has 3 rings (SSSR count). The minimum Gasteiger partial charge on any atom is -0.479 e. The van der Waals surface area contributed by atoms with Crippen molar-refractivity contribution >= 4 is 16.9 Å². The summed E-state index contributed by atoms with van der Waals surface area (Å²) in [6, 6.07) is 10.5. The van der Waals surface area contributed by atoms with E-state index in [0.717, 1.165) is 5.39 Å². The van der Waals surface area contributed by atoms with Gasteiger partial charge in [0.15, 0.2) is 0 Å². The highest BCUT2D eigenvalue weighted by molar-refractivity contribution is 5.85. The van der Waals surface area contributed by atoms with Gasteiger partial charge in [-0.15, -0.1) is 0 Å². The SMILES string of the molecule is O=C(O)C1(n2c(=O)ccc3ccccc32)CC1. The molecule has 1 fully saturated rings. The molecule has 0 bridgehead atoms. The molecule has 0 amide bonds. The predicted molar refractivity (Wildman–Crippen MR) is 63.1 cm³/mol. The van der Waals surface area contributed by atoms with Crippen LogP contribution in [0.3, 0.4) is 0 Å². The number of carboxylic acid groups (broad SMARTS) is 1. The number of fused-ring (bicyclic) bond motifs is 1. The van der Waals surface area contributed by atoms with Gasteiger partial charge < -0.3 is 5.11 Å². The molecule has 0 spiro atoms. The van der Waals surface area contributed by atoms with Crippen molar-refractivity contribution in [1.29, 1.82) is 0 Å². The molecule has 0 saturated heterocycles. The molecule has 1 heterocycles. The normalized spacial score (nSPS) is 16.9. The molecule has 1 saturated carbocycles. The third kappa shape index (κ3) is 1.30. The first-order valence-corrected chi connectivity index (χ1v) is 5.50. The molecule has 2 aromatic rings. The average Bonchev–Trinajstić information content (AvgIpc) is 3.10. The van der Waals surface area contributed by atoms with Crippen molar-refractivity contribution in [3.8, 4) is 0 Å². The van der Waals surface area contributed by atoms with Crippen LogP contribution in [-0.2, 0) is 10.3 Å². The summed E-state index contributed by atoms with van der Waals surface area (Å²) in [6.45, 7) is 0. The van der Waals surface area contributed by atoms with E-state index in [1.54, 1.807) is 12.1 Å². The first kappa shape index (κ1) is 10.1. The molecule has 1 aromatic carbocycles. The Morgan fingerprint density at radius 3 is 2.53 bits per heavy atom. The zero-order valence-corrected chi connectivity index (χ0v) is 9.09. The van der Waals surface area contributed by atoms with E-state index in [0.29, 0.717) is 18.4 Å². The Labute approximate surface area is 97.1 Å². The van der Waals surface area contributed by atoms with E-state index in [9.17, 15) is 14.7 Å². The lowest BCUT2D eigenvalue weighted by molar-refractivity contribution is -0.142. The van der Waals surface area contributed by atoms with Gasteiger partial charge in [0, 0.05) is 6.07 Å². The van der Waals surface area contributed by atoms with Gasteiger partial charge in [0.1, 0.15) is 5.54 Å². The molecule has 0 unspecified atom stereocenters. The van der Waals surface area contributed by atoms with Gasteiger partial charge in [0.05, 0.1) is 5.52 Å². The molecule has 1 aliphatic carbocycles. The zero-order valence-electron chi connectivity index (χ0n) is 9.09. The topological polar surface area (TPSA) is 59.3 Å². The molecule has 0 aliphatic heterocycles. The molecule has 4 heteroatoms. The van der Waals surface area contributed by atoms with E-state index in [2.05, 4.69) is 0 Å². The van der Waals surface area contributed by atoms with Crippen LogP contribution in [0.2, 0.25) is 0 Å². The summed E-state index contributed by atoms with van der Waals surface area (Å²) in [5.74, 6) is -0.920. The van der Waals surface area contributed by atoms with Crippen LogP contribution < -0.4 is 5.56 Å². The van der Waals surface area contributed by atoms with Crippen molar-refractivity contribution in [3.05, 3.63) is 46.8 Å². The van der Waals surface area contributed by atoms with E-state index < -0.39 is 11.5 Å². The van der Waals surface area contributed by atoms with Gasteiger partial charge in [-0.2, -0.15) is 0 Å². The monoisotopic (exact) mass is 229 g/mol. The average molecular weight is 229 g/mol. The van der Waals surface area contributed by atoms with E-state index >= 15 is 0 Å². The molecular formula is C13H11NO3. The molecule has 1 aliphatic rings. The Hall–Kier alpha value is -2.10. The van der Waals surface area contributed by atoms with Crippen molar-refractivity contribution in [2.75, 3.05) is 0 Å². The Morgan fingerprint density at radius 1 is 1.18 bits per heavy atom. The number of nitrogens with zero attached hydrogens (tertiary/aromatic N) is 1. The van der Waals surface area contributed by atoms with Crippen LogP contribution in [0.15, 0.2) is 41.2 Å². The van der Waals surface area contributed by atoms with Crippen LogP contribution in [0.25, 0.3) is 10.9 Å². The maximum absolute atomic E-state index is 11.9. The van der Waals surface area contributed by atoms with Gasteiger partial charge in [-0.1, -0.05) is 18.2 Å². The second kappa shape index (κ2) is 3.20. The molecule has 0 radical (unpaired) electrons. The third-order valence-electron chi connectivity index (χ3n) is 3.35. The summed E-state index contributed by atoms with van der Waals surface area (Å²) in [7, 11) is 0. The summed E-state index contributed by atoms with van der Waals surface area (Å²) < 4.78 is 1.42. The van der Waals surface area contributed by atoms with Gasteiger partial charge in [-0.3, -0.25) is 9.36 Å². The van der Waals surface area contributed by atoms with Gasteiger partial charge in [-0.25, -0.2) is 4.79 Å². The number of rotatable bonds is 2. The van der Waals surface area contributed by atoms with Crippen LogP contribution in [0, 0.1) is 0 Å². The lowest BCUT2D eigenvalue weighted by Crippen LogP contribution is -2.36. The van der Waals surface area contributed by atoms with E-state index in [-0.39, 0.29) is 5.56 Å². The second-order valence-electron chi connectivity index (χ2n) is 4.40. The Balaban J connectivity index is 2.40. The van der Waals surface area contributed by atoms with E-state index in [4.69, 9.17) is 0 Å². The minimum atomic E-state index is -1.02. The fourth-order valence-corrected chi connectivity index (χ4v) is 2.28. The molecule has 86 valence electrons.